The molecule has 0 aromatic heterocycles. The van der Waals surface area contributed by atoms with Crippen LogP contribution in [0.15, 0.2) is 0 Å². The molecule has 19 heavy (non-hydrogen) atoms. The van der Waals surface area contributed by atoms with Gasteiger partial charge in [-0.1, -0.05) is 6.92 Å². The molecule has 0 radical (unpaired) electrons. The molecule has 0 aromatic rings. The second-order valence-electron chi connectivity index (χ2n) is 5.19. The van der Waals surface area contributed by atoms with Crippen molar-refractivity contribution in [3.05, 3.63) is 0 Å². The van der Waals surface area contributed by atoms with Crippen molar-refractivity contribution in [1.82, 2.24) is 10.2 Å². The van der Waals surface area contributed by atoms with Gasteiger partial charge in [-0.15, -0.1) is 0 Å². The Morgan fingerprint density at radius 1 is 1.26 bits per heavy atom. The maximum absolute atomic E-state index is 12.8. The Morgan fingerprint density at radius 3 is 2.32 bits per heavy atom. The fourth-order valence-electron chi connectivity index (χ4n) is 2.66. The van der Waals surface area contributed by atoms with Gasteiger partial charge < -0.3 is 19.7 Å². The highest BCUT2D eigenvalue weighted by atomic mass is 16.5. The first-order valence-electron chi connectivity index (χ1n) is 7.18. The molecule has 5 heteroatoms. The first kappa shape index (κ1) is 16.4. The molecule has 0 aliphatic carbocycles. The van der Waals surface area contributed by atoms with Crippen molar-refractivity contribution in [3.63, 3.8) is 0 Å². The van der Waals surface area contributed by atoms with Crippen LogP contribution >= 0.6 is 0 Å². The van der Waals surface area contributed by atoms with Gasteiger partial charge in [0.2, 0.25) is 5.91 Å². The van der Waals surface area contributed by atoms with Crippen LogP contribution in [0.2, 0.25) is 0 Å². The van der Waals surface area contributed by atoms with E-state index in [0.29, 0.717) is 26.3 Å². The van der Waals surface area contributed by atoms with E-state index in [1.807, 2.05) is 4.90 Å². The van der Waals surface area contributed by atoms with Crippen LogP contribution < -0.4 is 5.32 Å². The number of carbonyl (C=O) groups excluding carboxylic acids is 1. The third-order valence-electron chi connectivity index (χ3n) is 4.02. The smallest absolute Gasteiger partial charge is 0.230 e. The van der Waals surface area contributed by atoms with Gasteiger partial charge in [-0.25, -0.2) is 0 Å². The van der Waals surface area contributed by atoms with E-state index in [-0.39, 0.29) is 11.3 Å². The van der Waals surface area contributed by atoms with E-state index in [1.165, 1.54) is 0 Å². The zero-order valence-corrected chi connectivity index (χ0v) is 12.5. The van der Waals surface area contributed by atoms with E-state index in [0.717, 1.165) is 32.4 Å². The van der Waals surface area contributed by atoms with Crippen molar-refractivity contribution in [2.24, 2.45) is 5.41 Å². The van der Waals surface area contributed by atoms with Crippen molar-refractivity contribution in [2.45, 2.75) is 26.2 Å². The molecule has 1 heterocycles. The zero-order valence-electron chi connectivity index (χ0n) is 12.5. The number of ether oxygens (including phenoxy) is 2. The van der Waals surface area contributed by atoms with Crippen LogP contribution in [-0.4, -0.2) is 64.4 Å². The van der Waals surface area contributed by atoms with Crippen LogP contribution in [0.3, 0.4) is 0 Å². The molecule has 0 spiro atoms. The van der Waals surface area contributed by atoms with Gasteiger partial charge in [-0.05, 0) is 25.8 Å². The highest BCUT2D eigenvalue weighted by Crippen LogP contribution is 2.32. The topological polar surface area (TPSA) is 50.8 Å². The van der Waals surface area contributed by atoms with E-state index >= 15 is 0 Å². The summed E-state index contributed by atoms with van der Waals surface area (Å²) in [6, 6.07) is 0. The summed E-state index contributed by atoms with van der Waals surface area (Å²) in [5, 5.41) is 3.36. The minimum atomic E-state index is -0.236. The van der Waals surface area contributed by atoms with Gasteiger partial charge >= 0.3 is 0 Å². The third-order valence-corrected chi connectivity index (χ3v) is 4.02. The average Bonchev–Trinajstić information content (AvgIpc) is 2.47. The Kier molecular flexibility index (Phi) is 7.34. The normalized spacial score (nSPS) is 23.3. The predicted molar refractivity (Wildman–Crippen MR) is 75.2 cm³/mol. The van der Waals surface area contributed by atoms with Crippen molar-refractivity contribution in [1.29, 1.82) is 0 Å². The highest BCUT2D eigenvalue weighted by molar-refractivity contribution is 5.83. The molecule has 112 valence electrons. The summed E-state index contributed by atoms with van der Waals surface area (Å²) in [7, 11) is 3.33. The second-order valence-corrected chi connectivity index (χ2v) is 5.19. The summed E-state index contributed by atoms with van der Waals surface area (Å²) in [5.41, 5.74) is -0.236. The minimum absolute atomic E-state index is 0.236. The van der Waals surface area contributed by atoms with E-state index in [9.17, 15) is 4.79 Å². The van der Waals surface area contributed by atoms with Crippen molar-refractivity contribution < 1.29 is 14.3 Å². The summed E-state index contributed by atoms with van der Waals surface area (Å²) in [5.74, 6) is 0.247. The Labute approximate surface area is 116 Å². The molecule has 1 saturated heterocycles. The maximum Gasteiger partial charge on any atom is 0.230 e. The van der Waals surface area contributed by atoms with Crippen LogP contribution in [0.4, 0.5) is 0 Å². The Bertz CT molecular complexity index is 257. The number of nitrogens with zero attached hydrogens (tertiary/aromatic N) is 1. The van der Waals surface area contributed by atoms with Gasteiger partial charge in [0.1, 0.15) is 0 Å². The molecule has 5 nitrogen and oxygen atoms in total. The third kappa shape index (κ3) is 4.44. The Hall–Kier alpha value is -0.650. The number of methoxy groups -OCH3 is 2. The largest absolute Gasteiger partial charge is 0.383 e. The van der Waals surface area contributed by atoms with Crippen molar-refractivity contribution >= 4 is 5.91 Å². The number of hydrogen-bond donors (Lipinski definition) is 1. The molecule has 0 saturated carbocycles. The quantitative estimate of drug-likeness (QED) is 0.713. The van der Waals surface area contributed by atoms with Crippen molar-refractivity contribution in [3.8, 4) is 0 Å². The molecule has 0 aromatic carbocycles. The van der Waals surface area contributed by atoms with Crippen LogP contribution in [-0.2, 0) is 14.3 Å². The number of hydrogen-bond acceptors (Lipinski definition) is 4. The van der Waals surface area contributed by atoms with Crippen LogP contribution in [0.5, 0.6) is 0 Å². The van der Waals surface area contributed by atoms with E-state index in [4.69, 9.17) is 9.47 Å². The lowest BCUT2D eigenvalue weighted by atomic mass is 9.77. The average molecular weight is 272 g/mol. The summed E-state index contributed by atoms with van der Waals surface area (Å²) in [4.78, 5) is 14.7. The summed E-state index contributed by atoms with van der Waals surface area (Å²) >= 11 is 0. The summed E-state index contributed by atoms with van der Waals surface area (Å²) in [6.45, 7) is 6.34. The van der Waals surface area contributed by atoms with E-state index < -0.39 is 0 Å². The number of amides is 1. The van der Waals surface area contributed by atoms with E-state index in [2.05, 4.69) is 12.2 Å². The lowest BCUT2D eigenvalue weighted by molar-refractivity contribution is -0.145. The number of nitrogens with one attached hydrogen (secondary N) is 1. The van der Waals surface area contributed by atoms with Gasteiger partial charge in [0.25, 0.3) is 0 Å². The number of piperidine rings is 1. The van der Waals surface area contributed by atoms with Gasteiger partial charge in [0, 0.05) is 33.9 Å². The molecule has 0 bridgehead atoms. The first-order valence-corrected chi connectivity index (χ1v) is 7.18. The molecule has 1 unspecified atom stereocenters. The molecule has 1 atom stereocenters. The van der Waals surface area contributed by atoms with Gasteiger partial charge in [0.05, 0.1) is 18.6 Å². The zero-order chi connectivity index (χ0) is 14.1. The second kappa shape index (κ2) is 8.51. The predicted octanol–water partition coefficient (Wildman–Crippen LogP) is 0.888. The van der Waals surface area contributed by atoms with Crippen LogP contribution in [0.1, 0.15) is 26.2 Å². The lowest BCUT2D eigenvalue weighted by Gasteiger charge is -2.39. The molecular weight excluding hydrogens is 244 g/mol. The summed E-state index contributed by atoms with van der Waals surface area (Å²) in [6.07, 6.45) is 2.93. The van der Waals surface area contributed by atoms with Gasteiger partial charge in [-0.3, -0.25) is 4.79 Å². The molecular formula is C14H28N2O3. The molecule has 1 rings (SSSR count). The SMILES string of the molecule is CCC1(C(=O)N(CCOC)CCOC)CCCNC1. The molecule has 1 fully saturated rings. The fourth-order valence-corrected chi connectivity index (χ4v) is 2.66. The Balaban J connectivity index is 2.70. The van der Waals surface area contributed by atoms with Gasteiger partial charge in [-0.2, -0.15) is 0 Å². The van der Waals surface area contributed by atoms with Crippen LogP contribution in [0, 0.1) is 5.41 Å². The molecule has 1 amide bonds. The van der Waals surface area contributed by atoms with Gasteiger partial charge in [0.15, 0.2) is 0 Å². The van der Waals surface area contributed by atoms with Crippen LogP contribution in [0.25, 0.3) is 0 Å². The molecule has 1 aliphatic heterocycles. The highest BCUT2D eigenvalue weighted by Gasteiger charge is 2.40. The number of carbonyl (C=O) groups is 1. The molecule has 1 aliphatic rings. The molecule has 1 N–H and O–H groups in total. The minimum Gasteiger partial charge on any atom is -0.383 e. The monoisotopic (exact) mass is 272 g/mol. The Morgan fingerprint density at radius 2 is 1.89 bits per heavy atom. The fraction of sp³-hybridized carbons (Fsp3) is 0.929. The summed E-state index contributed by atoms with van der Waals surface area (Å²) < 4.78 is 10.2. The standard InChI is InChI=1S/C14H28N2O3/c1-4-14(6-5-7-15-12-14)13(17)16(8-10-18-2)9-11-19-3/h15H,4-12H2,1-3H3. The first-order chi connectivity index (χ1) is 9.20. The van der Waals surface area contributed by atoms with E-state index in [1.54, 1.807) is 14.2 Å². The maximum atomic E-state index is 12.8. The lowest BCUT2D eigenvalue weighted by Crippen LogP contribution is -2.52. The van der Waals surface area contributed by atoms with Crippen molar-refractivity contribution in [2.75, 3.05) is 53.6 Å². The number of rotatable bonds is 8.